The number of nitrogens with one attached hydrogen (secondary N) is 2. The molecule has 1 heterocycles. The van der Waals surface area contributed by atoms with E-state index in [0.717, 1.165) is 18.2 Å². The number of rotatable bonds is 5. The molecule has 1 aromatic heterocycles. The molecule has 0 saturated heterocycles. The zero-order valence-electron chi connectivity index (χ0n) is 10.7. The van der Waals surface area contributed by atoms with E-state index < -0.39 is 17.2 Å². The van der Waals surface area contributed by atoms with Crippen molar-refractivity contribution in [2.45, 2.75) is 37.1 Å². The molecule has 0 radical (unpaired) electrons. The Kier molecular flexibility index (Phi) is 5.56. The Morgan fingerprint density at radius 3 is 2.84 bits per heavy atom. The van der Waals surface area contributed by atoms with Crippen molar-refractivity contribution in [3.63, 3.8) is 0 Å². The summed E-state index contributed by atoms with van der Waals surface area (Å²) >= 11 is 1.06. The zero-order chi connectivity index (χ0) is 14.4. The summed E-state index contributed by atoms with van der Waals surface area (Å²) in [5.41, 5.74) is 5.28. The van der Waals surface area contributed by atoms with E-state index in [0.29, 0.717) is 17.3 Å². The van der Waals surface area contributed by atoms with Crippen molar-refractivity contribution in [3.8, 4) is 0 Å². The van der Waals surface area contributed by atoms with Gasteiger partial charge in [-0.2, -0.15) is 0 Å². The minimum atomic E-state index is -0.904. The Morgan fingerprint density at radius 2 is 2.26 bits per heavy atom. The van der Waals surface area contributed by atoms with E-state index >= 15 is 0 Å². The number of hydrogen-bond acceptors (Lipinski definition) is 5. The Hall–Kier alpha value is -1.83. The van der Waals surface area contributed by atoms with Crippen molar-refractivity contribution >= 4 is 23.7 Å². The van der Waals surface area contributed by atoms with Gasteiger partial charge in [-0.1, -0.05) is 25.1 Å². The van der Waals surface area contributed by atoms with Gasteiger partial charge < -0.3 is 10.7 Å². The molecule has 104 valence electrons. The van der Waals surface area contributed by atoms with E-state index in [4.69, 9.17) is 5.73 Å². The number of urea groups is 1. The van der Waals surface area contributed by atoms with Crippen molar-refractivity contribution in [1.82, 2.24) is 15.3 Å². The molecule has 0 bridgehead atoms. The molecule has 1 atom stereocenters. The van der Waals surface area contributed by atoms with Crippen LogP contribution in [-0.2, 0) is 11.2 Å². The molecule has 1 unspecified atom stereocenters. The molecule has 0 aromatic carbocycles. The number of thioether (sulfide) groups is 1. The number of aryl methyl sites for hydroxylation is 1. The van der Waals surface area contributed by atoms with Crippen LogP contribution in [-0.4, -0.2) is 27.2 Å². The monoisotopic (exact) mass is 284 g/mol. The SMILES string of the molecule is CCCc1cc(=O)[nH]c(SC(C)C(=O)NC(N)=O)n1. The quantitative estimate of drug-likeness (QED) is 0.534. The van der Waals surface area contributed by atoms with Crippen LogP contribution in [0.3, 0.4) is 0 Å². The highest BCUT2D eigenvalue weighted by atomic mass is 32.2. The number of carbonyl (C=O) groups is 2. The van der Waals surface area contributed by atoms with E-state index in [9.17, 15) is 14.4 Å². The molecule has 1 rings (SSSR count). The Morgan fingerprint density at radius 1 is 1.58 bits per heavy atom. The fourth-order valence-electron chi connectivity index (χ4n) is 1.37. The van der Waals surface area contributed by atoms with Crippen LogP contribution in [0, 0.1) is 0 Å². The lowest BCUT2D eigenvalue weighted by atomic mass is 10.2. The maximum absolute atomic E-state index is 11.5. The minimum Gasteiger partial charge on any atom is -0.351 e. The number of nitrogens with zero attached hydrogens (tertiary/aromatic N) is 1. The molecular weight excluding hydrogens is 268 g/mol. The summed E-state index contributed by atoms with van der Waals surface area (Å²) in [4.78, 5) is 40.3. The number of nitrogens with two attached hydrogens (primary N) is 1. The first-order chi connectivity index (χ1) is 8.92. The van der Waals surface area contributed by atoms with Crippen molar-refractivity contribution in [2.24, 2.45) is 5.73 Å². The minimum absolute atomic E-state index is 0.261. The number of H-pyrrole nitrogens is 1. The summed E-state index contributed by atoms with van der Waals surface area (Å²) in [6.07, 6.45) is 1.57. The molecular formula is C11H16N4O3S. The maximum Gasteiger partial charge on any atom is 0.318 e. The number of hydrogen-bond donors (Lipinski definition) is 3. The first-order valence-electron chi connectivity index (χ1n) is 5.79. The number of primary amides is 1. The van der Waals surface area contributed by atoms with Gasteiger partial charge in [0, 0.05) is 11.8 Å². The zero-order valence-corrected chi connectivity index (χ0v) is 11.5. The molecule has 0 saturated carbocycles. The number of amides is 3. The summed E-state index contributed by atoms with van der Waals surface area (Å²) in [5.74, 6) is -0.527. The Bertz CT molecular complexity index is 529. The van der Waals surface area contributed by atoms with Gasteiger partial charge in [0.25, 0.3) is 5.56 Å². The average molecular weight is 284 g/mol. The lowest BCUT2D eigenvalue weighted by Gasteiger charge is -2.09. The second kappa shape index (κ2) is 6.93. The normalized spacial score (nSPS) is 11.9. The van der Waals surface area contributed by atoms with Gasteiger partial charge in [0.1, 0.15) is 0 Å². The highest BCUT2D eigenvalue weighted by molar-refractivity contribution is 8.00. The average Bonchev–Trinajstić information content (AvgIpc) is 2.27. The third-order valence-corrected chi connectivity index (χ3v) is 3.17. The van der Waals surface area contributed by atoms with Crippen LogP contribution in [0.25, 0.3) is 0 Å². The van der Waals surface area contributed by atoms with Gasteiger partial charge in [-0.3, -0.25) is 14.9 Å². The predicted octanol–water partition coefficient (Wildman–Crippen LogP) is 0.398. The summed E-state index contributed by atoms with van der Waals surface area (Å²) in [6.45, 7) is 3.58. The molecule has 8 heteroatoms. The molecule has 0 aliphatic carbocycles. The van der Waals surface area contributed by atoms with Crippen molar-refractivity contribution in [2.75, 3.05) is 0 Å². The lowest BCUT2D eigenvalue weighted by molar-refractivity contribution is -0.119. The van der Waals surface area contributed by atoms with Gasteiger partial charge in [0.2, 0.25) is 5.91 Å². The largest absolute Gasteiger partial charge is 0.351 e. The smallest absolute Gasteiger partial charge is 0.318 e. The highest BCUT2D eigenvalue weighted by Crippen LogP contribution is 2.18. The fraction of sp³-hybridized carbons (Fsp3) is 0.455. The van der Waals surface area contributed by atoms with Crippen LogP contribution >= 0.6 is 11.8 Å². The summed E-state index contributed by atoms with van der Waals surface area (Å²) < 4.78 is 0. The Labute approximate surface area is 114 Å². The number of aromatic amines is 1. The summed E-state index contributed by atoms with van der Waals surface area (Å²) in [6, 6.07) is 0.528. The third-order valence-electron chi connectivity index (χ3n) is 2.18. The van der Waals surface area contributed by atoms with Gasteiger partial charge in [0.05, 0.1) is 5.25 Å². The van der Waals surface area contributed by atoms with Crippen LogP contribution in [0.15, 0.2) is 16.0 Å². The second-order valence-corrected chi connectivity index (χ2v) is 5.23. The van der Waals surface area contributed by atoms with Crippen LogP contribution in [0.4, 0.5) is 4.79 Å². The molecule has 0 spiro atoms. The topological polar surface area (TPSA) is 118 Å². The fourth-order valence-corrected chi connectivity index (χ4v) is 2.20. The van der Waals surface area contributed by atoms with Crippen LogP contribution in [0.2, 0.25) is 0 Å². The van der Waals surface area contributed by atoms with Gasteiger partial charge in [-0.15, -0.1) is 0 Å². The van der Waals surface area contributed by atoms with Crippen LogP contribution in [0.5, 0.6) is 0 Å². The van der Waals surface area contributed by atoms with E-state index in [1.807, 2.05) is 12.2 Å². The standard InChI is InChI=1S/C11H16N4O3S/c1-3-4-7-5-8(16)14-11(13-7)19-6(2)9(17)15-10(12)18/h5-6H,3-4H2,1-2H3,(H,13,14,16)(H3,12,15,17,18). The lowest BCUT2D eigenvalue weighted by Crippen LogP contribution is -2.39. The molecule has 4 N–H and O–H groups in total. The molecule has 19 heavy (non-hydrogen) atoms. The van der Waals surface area contributed by atoms with Crippen molar-refractivity contribution in [3.05, 3.63) is 22.1 Å². The highest BCUT2D eigenvalue weighted by Gasteiger charge is 2.17. The van der Waals surface area contributed by atoms with Gasteiger partial charge in [-0.25, -0.2) is 9.78 Å². The van der Waals surface area contributed by atoms with Crippen molar-refractivity contribution < 1.29 is 9.59 Å². The van der Waals surface area contributed by atoms with Gasteiger partial charge >= 0.3 is 6.03 Å². The molecule has 0 aliphatic rings. The first kappa shape index (κ1) is 15.2. The summed E-state index contributed by atoms with van der Waals surface area (Å²) in [5, 5.41) is 1.74. The summed E-state index contributed by atoms with van der Waals surface area (Å²) in [7, 11) is 0. The number of aromatic nitrogens is 2. The third kappa shape index (κ3) is 5.12. The maximum atomic E-state index is 11.5. The molecule has 1 aromatic rings. The molecule has 7 nitrogen and oxygen atoms in total. The van der Waals surface area contributed by atoms with E-state index in [-0.39, 0.29) is 5.56 Å². The predicted molar refractivity (Wildman–Crippen MR) is 71.9 cm³/mol. The van der Waals surface area contributed by atoms with Gasteiger partial charge in [0.15, 0.2) is 5.16 Å². The van der Waals surface area contributed by atoms with E-state index in [1.165, 1.54) is 6.07 Å². The van der Waals surface area contributed by atoms with E-state index in [2.05, 4.69) is 9.97 Å². The van der Waals surface area contributed by atoms with Gasteiger partial charge in [-0.05, 0) is 13.3 Å². The first-order valence-corrected chi connectivity index (χ1v) is 6.67. The van der Waals surface area contributed by atoms with Crippen molar-refractivity contribution in [1.29, 1.82) is 0 Å². The Balaban J connectivity index is 2.78. The molecule has 3 amide bonds. The molecule has 0 aliphatic heterocycles. The molecule has 0 fully saturated rings. The second-order valence-electron chi connectivity index (χ2n) is 3.91. The van der Waals surface area contributed by atoms with Crippen LogP contribution in [0.1, 0.15) is 26.0 Å². The number of carbonyl (C=O) groups excluding carboxylic acids is 2. The van der Waals surface area contributed by atoms with E-state index in [1.54, 1.807) is 6.92 Å². The number of imide groups is 1. The van der Waals surface area contributed by atoms with Crippen LogP contribution < -0.4 is 16.6 Å².